The van der Waals surface area contributed by atoms with Gasteiger partial charge in [-0.3, -0.25) is 9.48 Å². The van der Waals surface area contributed by atoms with Crippen LogP contribution in [0.1, 0.15) is 35.3 Å². The normalized spacial score (nSPS) is 18.7. The first-order chi connectivity index (χ1) is 8.66. The first kappa shape index (κ1) is 16.0. The van der Waals surface area contributed by atoms with E-state index in [-0.39, 0.29) is 18.3 Å². The summed E-state index contributed by atoms with van der Waals surface area (Å²) in [7, 11) is 1.83. The van der Waals surface area contributed by atoms with E-state index >= 15 is 0 Å². The Morgan fingerprint density at radius 3 is 3.00 bits per heavy atom. The number of piperidine rings is 1. The summed E-state index contributed by atoms with van der Waals surface area (Å²) < 4.78 is 1.68. The molecule has 1 aromatic rings. The predicted octanol–water partition coefficient (Wildman–Crippen LogP) is 1.27. The van der Waals surface area contributed by atoms with Crippen molar-refractivity contribution in [1.82, 2.24) is 20.4 Å². The highest BCUT2D eigenvalue weighted by atomic mass is 35.5. The molecular weight excluding hydrogens is 264 g/mol. The summed E-state index contributed by atoms with van der Waals surface area (Å²) in [4.78, 5) is 11.9. The van der Waals surface area contributed by atoms with Gasteiger partial charge in [0, 0.05) is 19.8 Å². The molecule has 0 saturated carbocycles. The van der Waals surface area contributed by atoms with Crippen molar-refractivity contribution in [1.29, 1.82) is 0 Å². The summed E-state index contributed by atoms with van der Waals surface area (Å²) >= 11 is 0. The lowest BCUT2D eigenvalue weighted by Crippen LogP contribution is -2.33. The molecule has 0 aliphatic carbocycles. The Hall–Kier alpha value is -1.07. The molecule has 1 aliphatic heterocycles. The van der Waals surface area contributed by atoms with Crippen LogP contribution in [0.25, 0.3) is 0 Å². The minimum absolute atomic E-state index is 0. The van der Waals surface area contributed by atoms with Gasteiger partial charge in [0.2, 0.25) is 0 Å². The lowest BCUT2D eigenvalue weighted by molar-refractivity contribution is 0.0950. The molecule has 0 aromatic carbocycles. The van der Waals surface area contributed by atoms with Crippen molar-refractivity contribution < 1.29 is 4.79 Å². The zero-order valence-electron chi connectivity index (χ0n) is 11.6. The highest BCUT2D eigenvalue weighted by Crippen LogP contribution is 2.13. The largest absolute Gasteiger partial charge is 0.352 e. The predicted molar refractivity (Wildman–Crippen MR) is 77.7 cm³/mol. The number of nitrogens with one attached hydrogen (secondary N) is 2. The Bertz CT molecular complexity index is 413. The van der Waals surface area contributed by atoms with E-state index in [0.717, 1.165) is 31.7 Å². The molecule has 1 atom stereocenters. The monoisotopic (exact) mass is 286 g/mol. The van der Waals surface area contributed by atoms with E-state index in [1.54, 1.807) is 10.9 Å². The lowest BCUT2D eigenvalue weighted by Gasteiger charge is -2.22. The first-order valence-electron chi connectivity index (χ1n) is 6.66. The molecule has 19 heavy (non-hydrogen) atoms. The van der Waals surface area contributed by atoms with E-state index in [9.17, 15) is 4.79 Å². The Balaban J connectivity index is 0.00000180. The zero-order valence-corrected chi connectivity index (χ0v) is 12.4. The number of halogens is 1. The van der Waals surface area contributed by atoms with Crippen LogP contribution in [0.4, 0.5) is 0 Å². The minimum Gasteiger partial charge on any atom is -0.352 e. The van der Waals surface area contributed by atoms with Crippen LogP contribution in [0.3, 0.4) is 0 Å². The minimum atomic E-state index is -0.00984. The quantitative estimate of drug-likeness (QED) is 0.876. The van der Waals surface area contributed by atoms with Gasteiger partial charge in [-0.15, -0.1) is 12.4 Å². The Morgan fingerprint density at radius 2 is 2.42 bits per heavy atom. The second-order valence-corrected chi connectivity index (χ2v) is 5.06. The number of aromatic nitrogens is 2. The molecule has 1 unspecified atom stereocenters. The van der Waals surface area contributed by atoms with Gasteiger partial charge in [0.15, 0.2) is 0 Å². The molecule has 108 valence electrons. The number of hydrogen-bond acceptors (Lipinski definition) is 3. The molecule has 6 heteroatoms. The Kier molecular flexibility index (Phi) is 6.31. The van der Waals surface area contributed by atoms with Gasteiger partial charge in [0.25, 0.3) is 5.91 Å². The van der Waals surface area contributed by atoms with E-state index in [2.05, 4.69) is 15.7 Å². The van der Waals surface area contributed by atoms with Gasteiger partial charge in [-0.1, -0.05) is 0 Å². The molecule has 1 saturated heterocycles. The highest BCUT2D eigenvalue weighted by molar-refractivity contribution is 5.94. The highest BCUT2D eigenvalue weighted by Gasteiger charge is 2.15. The number of aryl methyl sites for hydroxylation is 2. The average Bonchev–Trinajstić information content (AvgIpc) is 2.70. The zero-order chi connectivity index (χ0) is 13.0. The van der Waals surface area contributed by atoms with Crippen LogP contribution in [0.15, 0.2) is 6.20 Å². The van der Waals surface area contributed by atoms with E-state index in [1.165, 1.54) is 12.8 Å². The second-order valence-electron chi connectivity index (χ2n) is 5.06. The van der Waals surface area contributed by atoms with Gasteiger partial charge >= 0.3 is 0 Å². The van der Waals surface area contributed by atoms with Gasteiger partial charge in [-0.25, -0.2) is 0 Å². The summed E-state index contributed by atoms with van der Waals surface area (Å²) in [5, 5.41) is 10.5. The summed E-state index contributed by atoms with van der Waals surface area (Å²) in [6, 6.07) is 0. The van der Waals surface area contributed by atoms with Gasteiger partial charge < -0.3 is 10.6 Å². The van der Waals surface area contributed by atoms with Crippen LogP contribution in [0.5, 0.6) is 0 Å². The van der Waals surface area contributed by atoms with Crippen LogP contribution in [-0.2, 0) is 7.05 Å². The molecule has 2 heterocycles. The summed E-state index contributed by atoms with van der Waals surface area (Å²) in [6.07, 6.45) is 5.35. The smallest absolute Gasteiger partial charge is 0.254 e. The molecule has 1 amide bonds. The van der Waals surface area contributed by atoms with Crippen LogP contribution in [0, 0.1) is 12.8 Å². The van der Waals surface area contributed by atoms with Crippen LogP contribution >= 0.6 is 12.4 Å². The third-order valence-electron chi connectivity index (χ3n) is 3.50. The molecule has 2 rings (SSSR count). The van der Waals surface area contributed by atoms with Gasteiger partial charge in [-0.05, 0) is 45.2 Å². The maximum absolute atomic E-state index is 11.9. The van der Waals surface area contributed by atoms with Crippen molar-refractivity contribution in [3.05, 3.63) is 17.5 Å². The first-order valence-corrected chi connectivity index (χ1v) is 6.66. The third-order valence-corrected chi connectivity index (χ3v) is 3.50. The van der Waals surface area contributed by atoms with Crippen LogP contribution < -0.4 is 10.6 Å². The SMILES string of the molecule is Cc1nn(C)cc1C(=O)NCCC1CCCNC1.Cl. The van der Waals surface area contributed by atoms with E-state index in [1.807, 2.05) is 14.0 Å². The summed E-state index contributed by atoms with van der Waals surface area (Å²) in [5.74, 6) is 0.693. The topological polar surface area (TPSA) is 59.0 Å². The second kappa shape index (κ2) is 7.50. The van der Waals surface area contributed by atoms with Crippen molar-refractivity contribution in [2.45, 2.75) is 26.2 Å². The molecule has 2 N–H and O–H groups in total. The number of amides is 1. The van der Waals surface area contributed by atoms with Crippen molar-refractivity contribution in [2.24, 2.45) is 13.0 Å². The van der Waals surface area contributed by atoms with Gasteiger partial charge in [-0.2, -0.15) is 5.10 Å². The number of hydrogen-bond donors (Lipinski definition) is 2. The Morgan fingerprint density at radius 1 is 1.63 bits per heavy atom. The van der Waals surface area contributed by atoms with E-state index in [4.69, 9.17) is 0 Å². The van der Waals surface area contributed by atoms with Gasteiger partial charge in [0.1, 0.15) is 0 Å². The molecule has 1 aromatic heterocycles. The molecule has 0 radical (unpaired) electrons. The fourth-order valence-corrected chi connectivity index (χ4v) is 2.48. The maximum atomic E-state index is 11.9. The fourth-order valence-electron chi connectivity index (χ4n) is 2.48. The Labute approximate surface area is 120 Å². The molecule has 0 spiro atoms. The standard InChI is InChI=1S/C13H22N4O.ClH/c1-10-12(9-17(2)16-10)13(18)15-7-5-11-4-3-6-14-8-11;/h9,11,14H,3-8H2,1-2H3,(H,15,18);1H. The van der Waals surface area contributed by atoms with E-state index < -0.39 is 0 Å². The van der Waals surface area contributed by atoms with Crippen molar-refractivity contribution in [3.8, 4) is 0 Å². The van der Waals surface area contributed by atoms with Crippen molar-refractivity contribution in [3.63, 3.8) is 0 Å². The van der Waals surface area contributed by atoms with Crippen molar-refractivity contribution in [2.75, 3.05) is 19.6 Å². The molecule has 0 bridgehead atoms. The van der Waals surface area contributed by atoms with Crippen LogP contribution in [0.2, 0.25) is 0 Å². The number of nitrogens with zero attached hydrogens (tertiary/aromatic N) is 2. The molecule has 1 aliphatic rings. The van der Waals surface area contributed by atoms with Crippen LogP contribution in [-0.4, -0.2) is 35.3 Å². The number of rotatable bonds is 4. The average molecular weight is 287 g/mol. The van der Waals surface area contributed by atoms with Crippen molar-refractivity contribution >= 4 is 18.3 Å². The van der Waals surface area contributed by atoms with E-state index in [0.29, 0.717) is 11.5 Å². The maximum Gasteiger partial charge on any atom is 0.254 e. The van der Waals surface area contributed by atoms with Gasteiger partial charge in [0.05, 0.1) is 11.3 Å². The summed E-state index contributed by atoms with van der Waals surface area (Å²) in [6.45, 7) is 4.83. The molecule has 5 nitrogen and oxygen atoms in total. The third kappa shape index (κ3) is 4.51. The summed E-state index contributed by atoms with van der Waals surface area (Å²) in [5.41, 5.74) is 1.47. The molecule has 1 fully saturated rings. The number of carbonyl (C=O) groups is 1. The fraction of sp³-hybridized carbons (Fsp3) is 0.692. The lowest BCUT2D eigenvalue weighted by atomic mass is 9.96. The molecular formula is C13H23ClN4O. The number of carbonyl (C=O) groups excluding carboxylic acids is 1.